The van der Waals surface area contributed by atoms with Crippen LogP contribution in [0.5, 0.6) is 5.75 Å². The monoisotopic (exact) mass is 290 g/mol. The lowest BCUT2D eigenvalue weighted by Crippen LogP contribution is -2.41. The number of hydrogen-bond donors (Lipinski definition) is 1. The second kappa shape index (κ2) is 7.69. The molecule has 0 aromatic heterocycles. The van der Waals surface area contributed by atoms with Crippen molar-refractivity contribution in [3.63, 3.8) is 0 Å². The van der Waals surface area contributed by atoms with E-state index >= 15 is 0 Å². The third-order valence-corrected chi connectivity index (χ3v) is 4.38. The molecule has 3 nitrogen and oxygen atoms in total. The minimum Gasteiger partial charge on any atom is -0.491 e. The van der Waals surface area contributed by atoms with Gasteiger partial charge in [-0.2, -0.15) is 0 Å². The van der Waals surface area contributed by atoms with Crippen molar-refractivity contribution >= 4 is 5.69 Å². The number of rotatable bonds is 6. The standard InChI is InChI=1S/C18H30N2O/c1-4-10-21-18-8-7-16(12-17(18)19)11-15(3)20-9-5-6-14(2)13-20/h7-8,12,14-15H,4-6,9-11,13,19H2,1-3H3. The van der Waals surface area contributed by atoms with E-state index < -0.39 is 0 Å². The van der Waals surface area contributed by atoms with Crippen molar-refractivity contribution in [3.8, 4) is 5.75 Å². The molecule has 1 saturated heterocycles. The van der Waals surface area contributed by atoms with E-state index in [9.17, 15) is 0 Å². The average Bonchev–Trinajstić information content (AvgIpc) is 2.46. The summed E-state index contributed by atoms with van der Waals surface area (Å²) in [7, 11) is 0. The lowest BCUT2D eigenvalue weighted by Gasteiger charge is -2.35. The Morgan fingerprint density at radius 2 is 2.24 bits per heavy atom. The summed E-state index contributed by atoms with van der Waals surface area (Å²) in [6.45, 7) is 9.98. The number of hydrogen-bond acceptors (Lipinski definition) is 3. The van der Waals surface area contributed by atoms with Gasteiger partial charge in [-0.1, -0.05) is 19.9 Å². The summed E-state index contributed by atoms with van der Waals surface area (Å²) in [6, 6.07) is 6.83. The van der Waals surface area contributed by atoms with Crippen LogP contribution in [-0.4, -0.2) is 30.6 Å². The summed E-state index contributed by atoms with van der Waals surface area (Å²) in [5.74, 6) is 1.65. The minimum atomic E-state index is 0.578. The number of piperidine rings is 1. The van der Waals surface area contributed by atoms with E-state index in [0.29, 0.717) is 6.04 Å². The van der Waals surface area contributed by atoms with Crippen molar-refractivity contribution < 1.29 is 4.74 Å². The van der Waals surface area contributed by atoms with E-state index in [0.717, 1.165) is 36.8 Å². The van der Waals surface area contributed by atoms with Crippen LogP contribution in [0.4, 0.5) is 5.69 Å². The Hall–Kier alpha value is -1.22. The highest BCUT2D eigenvalue weighted by Crippen LogP contribution is 2.25. The zero-order chi connectivity index (χ0) is 15.2. The molecule has 2 N–H and O–H groups in total. The molecule has 1 fully saturated rings. The molecular weight excluding hydrogens is 260 g/mol. The van der Waals surface area contributed by atoms with Crippen LogP contribution in [0.25, 0.3) is 0 Å². The number of nitrogens with zero attached hydrogens (tertiary/aromatic N) is 1. The molecule has 118 valence electrons. The second-order valence-electron chi connectivity index (χ2n) is 6.52. The number of ether oxygens (including phenoxy) is 1. The number of benzene rings is 1. The van der Waals surface area contributed by atoms with E-state index in [1.165, 1.54) is 31.5 Å². The van der Waals surface area contributed by atoms with E-state index in [1.807, 2.05) is 6.07 Å². The summed E-state index contributed by atoms with van der Waals surface area (Å²) >= 11 is 0. The Bertz CT molecular complexity index is 447. The molecule has 2 atom stereocenters. The lowest BCUT2D eigenvalue weighted by molar-refractivity contribution is 0.138. The first kappa shape index (κ1) is 16.2. The molecule has 21 heavy (non-hydrogen) atoms. The molecule has 3 heteroatoms. The van der Waals surface area contributed by atoms with Gasteiger partial charge in [0.05, 0.1) is 12.3 Å². The number of nitrogens with two attached hydrogens (primary N) is 1. The normalized spacial score (nSPS) is 21.2. The first-order valence-electron chi connectivity index (χ1n) is 8.35. The van der Waals surface area contributed by atoms with Crippen LogP contribution in [0.15, 0.2) is 18.2 Å². The summed E-state index contributed by atoms with van der Waals surface area (Å²) in [5, 5.41) is 0. The van der Waals surface area contributed by atoms with Gasteiger partial charge in [0.1, 0.15) is 5.75 Å². The van der Waals surface area contributed by atoms with Gasteiger partial charge in [0.25, 0.3) is 0 Å². The molecule has 2 unspecified atom stereocenters. The summed E-state index contributed by atoms with van der Waals surface area (Å²) in [4.78, 5) is 2.62. The highest BCUT2D eigenvalue weighted by atomic mass is 16.5. The zero-order valence-corrected chi connectivity index (χ0v) is 13.8. The molecule has 1 aromatic rings. The van der Waals surface area contributed by atoms with Gasteiger partial charge in [0.15, 0.2) is 0 Å². The van der Waals surface area contributed by atoms with Crippen LogP contribution in [0.1, 0.15) is 45.6 Å². The summed E-state index contributed by atoms with van der Waals surface area (Å²) < 4.78 is 5.64. The molecule has 0 amide bonds. The number of anilines is 1. The van der Waals surface area contributed by atoms with Crippen molar-refractivity contribution in [3.05, 3.63) is 23.8 Å². The maximum absolute atomic E-state index is 6.10. The van der Waals surface area contributed by atoms with E-state index in [-0.39, 0.29) is 0 Å². The smallest absolute Gasteiger partial charge is 0.142 e. The van der Waals surface area contributed by atoms with Crippen LogP contribution in [0.3, 0.4) is 0 Å². The molecule has 1 heterocycles. The molecule has 1 aromatic carbocycles. The topological polar surface area (TPSA) is 38.5 Å². The quantitative estimate of drug-likeness (QED) is 0.812. The van der Waals surface area contributed by atoms with Crippen molar-refractivity contribution in [1.82, 2.24) is 4.90 Å². The maximum Gasteiger partial charge on any atom is 0.142 e. The highest BCUT2D eigenvalue weighted by molar-refractivity contribution is 5.54. The molecule has 0 aliphatic carbocycles. The van der Waals surface area contributed by atoms with Crippen LogP contribution >= 0.6 is 0 Å². The van der Waals surface area contributed by atoms with Gasteiger partial charge in [-0.25, -0.2) is 0 Å². The van der Waals surface area contributed by atoms with Gasteiger partial charge in [-0.05, 0) is 62.8 Å². The van der Waals surface area contributed by atoms with Crippen LogP contribution in [0.2, 0.25) is 0 Å². The predicted octanol–water partition coefficient (Wildman–Crippen LogP) is 3.72. The largest absolute Gasteiger partial charge is 0.491 e. The fourth-order valence-corrected chi connectivity index (χ4v) is 3.16. The van der Waals surface area contributed by atoms with Crippen molar-refractivity contribution in [2.45, 2.75) is 52.5 Å². The Morgan fingerprint density at radius 3 is 2.90 bits per heavy atom. The second-order valence-corrected chi connectivity index (χ2v) is 6.52. The highest BCUT2D eigenvalue weighted by Gasteiger charge is 2.21. The van der Waals surface area contributed by atoms with Gasteiger partial charge >= 0.3 is 0 Å². The van der Waals surface area contributed by atoms with Crippen molar-refractivity contribution in [1.29, 1.82) is 0 Å². The van der Waals surface area contributed by atoms with Crippen molar-refractivity contribution in [2.24, 2.45) is 5.92 Å². The molecule has 0 spiro atoms. The van der Waals surface area contributed by atoms with E-state index in [2.05, 4.69) is 37.8 Å². The Balaban J connectivity index is 1.94. The fraction of sp³-hybridized carbons (Fsp3) is 0.667. The van der Waals surface area contributed by atoms with Crippen LogP contribution in [-0.2, 0) is 6.42 Å². The van der Waals surface area contributed by atoms with Gasteiger partial charge in [0.2, 0.25) is 0 Å². The number of nitrogen functional groups attached to an aromatic ring is 1. The number of likely N-dealkylation sites (tertiary alicyclic amines) is 1. The summed E-state index contributed by atoms with van der Waals surface area (Å²) in [6.07, 6.45) is 4.77. The Labute approximate surface area is 129 Å². The molecular formula is C18H30N2O. The van der Waals surface area contributed by atoms with Gasteiger partial charge in [-0.15, -0.1) is 0 Å². The Morgan fingerprint density at radius 1 is 1.43 bits per heavy atom. The molecule has 2 rings (SSSR count). The molecule has 0 radical (unpaired) electrons. The van der Waals surface area contributed by atoms with Gasteiger partial charge in [-0.3, -0.25) is 0 Å². The molecule has 0 bridgehead atoms. The molecule has 1 aliphatic heterocycles. The van der Waals surface area contributed by atoms with Crippen LogP contribution < -0.4 is 10.5 Å². The van der Waals surface area contributed by atoms with Crippen LogP contribution in [0, 0.1) is 5.92 Å². The lowest BCUT2D eigenvalue weighted by atomic mass is 9.97. The fourth-order valence-electron chi connectivity index (χ4n) is 3.16. The minimum absolute atomic E-state index is 0.578. The third-order valence-electron chi connectivity index (χ3n) is 4.38. The molecule has 1 aliphatic rings. The first-order chi connectivity index (χ1) is 10.1. The van der Waals surface area contributed by atoms with Gasteiger partial charge < -0.3 is 15.4 Å². The predicted molar refractivity (Wildman–Crippen MR) is 89.8 cm³/mol. The van der Waals surface area contributed by atoms with E-state index in [1.54, 1.807) is 0 Å². The Kier molecular flexibility index (Phi) is 5.92. The first-order valence-corrected chi connectivity index (χ1v) is 8.35. The van der Waals surface area contributed by atoms with E-state index in [4.69, 9.17) is 10.5 Å². The average molecular weight is 290 g/mol. The van der Waals surface area contributed by atoms with Gasteiger partial charge in [0, 0.05) is 12.6 Å². The third kappa shape index (κ3) is 4.63. The molecule has 0 saturated carbocycles. The summed E-state index contributed by atoms with van der Waals surface area (Å²) in [5.41, 5.74) is 8.17. The maximum atomic E-state index is 6.10. The van der Waals surface area contributed by atoms with Crippen molar-refractivity contribution in [2.75, 3.05) is 25.4 Å². The zero-order valence-electron chi connectivity index (χ0n) is 13.8. The SMILES string of the molecule is CCCOc1ccc(CC(C)N2CCCC(C)C2)cc1N.